The van der Waals surface area contributed by atoms with E-state index in [0.717, 1.165) is 97.1 Å². The van der Waals surface area contributed by atoms with E-state index in [0.29, 0.717) is 61.1 Å². The van der Waals surface area contributed by atoms with E-state index in [1.165, 1.54) is 48.2 Å². The van der Waals surface area contributed by atoms with E-state index >= 15 is 4.39 Å². The maximum atomic E-state index is 15.0. The summed E-state index contributed by atoms with van der Waals surface area (Å²) in [5.74, 6) is -1.42. The van der Waals surface area contributed by atoms with Crippen molar-refractivity contribution in [1.82, 2.24) is 19.2 Å². The van der Waals surface area contributed by atoms with E-state index in [2.05, 4.69) is 14.3 Å². The third-order valence-corrected chi connectivity index (χ3v) is 15.6. The lowest BCUT2D eigenvalue weighted by molar-refractivity contribution is -0.148. The van der Waals surface area contributed by atoms with Gasteiger partial charge in [0.2, 0.25) is 0 Å². The third-order valence-electron chi connectivity index (χ3n) is 11.2. The van der Waals surface area contributed by atoms with Crippen molar-refractivity contribution in [3.63, 3.8) is 0 Å². The van der Waals surface area contributed by atoms with Crippen molar-refractivity contribution in [2.75, 3.05) is 65.0 Å². The van der Waals surface area contributed by atoms with Gasteiger partial charge in [-0.1, -0.05) is 23.2 Å². The lowest BCUT2D eigenvalue weighted by atomic mass is 9.95. The number of aromatic hydroxyl groups is 1. The molecule has 4 aromatic rings. The lowest BCUT2D eigenvalue weighted by Crippen LogP contribution is -2.48. The predicted molar refractivity (Wildman–Crippen MR) is 277 cm³/mol. The van der Waals surface area contributed by atoms with Crippen molar-refractivity contribution in [3.05, 3.63) is 106 Å². The molecule has 0 aromatic heterocycles. The molecule has 390 valence electrons. The quantitative estimate of drug-likeness (QED) is 0.0339. The SMILES string of the molecule is CN(C)CCC(CSc1ccc(F)cc1)Oc1c(F)cc(SNC(=O)C2(C)CCCCO2)cc1Cl.Fc1ccc(SCCCCN2CC(F)C2)cc1.O=C(NSc1cc(F)c(O)c(Cl)c1)C1CCCCO1. The molecule has 0 spiro atoms. The molecular formula is C50H61Cl2F5N4O6S4. The van der Waals surface area contributed by atoms with Crippen LogP contribution in [0.25, 0.3) is 0 Å². The van der Waals surface area contributed by atoms with Crippen LogP contribution in [-0.4, -0.2) is 116 Å². The summed E-state index contributed by atoms with van der Waals surface area (Å²) in [5, 5.41) is 9.22. The van der Waals surface area contributed by atoms with Crippen molar-refractivity contribution < 1.29 is 50.9 Å². The van der Waals surface area contributed by atoms with Crippen molar-refractivity contribution in [3.8, 4) is 11.5 Å². The van der Waals surface area contributed by atoms with Gasteiger partial charge in [0, 0.05) is 58.2 Å². The van der Waals surface area contributed by atoms with Gasteiger partial charge in [0.15, 0.2) is 23.1 Å². The summed E-state index contributed by atoms with van der Waals surface area (Å²) < 4.78 is 89.0. The lowest BCUT2D eigenvalue weighted by Gasteiger charge is -2.34. The van der Waals surface area contributed by atoms with Gasteiger partial charge >= 0.3 is 0 Å². The molecule has 3 aliphatic heterocycles. The fourth-order valence-corrected chi connectivity index (χ4v) is 11.0. The number of unbranched alkanes of at least 4 members (excludes halogenated alkanes) is 1. The Bertz CT molecular complexity index is 2230. The van der Waals surface area contributed by atoms with Gasteiger partial charge < -0.3 is 24.2 Å². The summed E-state index contributed by atoms with van der Waals surface area (Å²) in [6.07, 6.45) is 6.66. The first-order valence-electron chi connectivity index (χ1n) is 23.3. The molecule has 10 nitrogen and oxygen atoms in total. The monoisotopic (exact) mass is 1110 g/mol. The van der Waals surface area contributed by atoms with Crippen LogP contribution in [0.5, 0.6) is 11.5 Å². The molecule has 3 N–H and O–H groups in total. The fraction of sp³-hybridized carbons (Fsp3) is 0.480. The van der Waals surface area contributed by atoms with E-state index in [4.69, 9.17) is 37.4 Å². The number of thioether (sulfide) groups is 2. The van der Waals surface area contributed by atoms with Crippen LogP contribution in [0.1, 0.15) is 64.7 Å². The van der Waals surface area contributed by atoms with Crippen molar-refractivity contribution >= 4 is 82.4 Å². The molecule has 3 fully saturated rings. The van der Waals surface area contributed by atoms with Crippen LogP contribution >= 0.6 is 70.6 Å². The number of nitrogens with zero attached hydrogens (tertiary/aromatic N) is 2. The summed E-state index contributed by atoms with van der Waals surface area (Å²) in [7, 11) is 3.91. The first-order valence-corrected chi connectivity index (χ1v) is 27.6. The van der Waals surface area contributed by atoms with Crippen LogP contribution < -0.4 is 14.2 Å². The Morgan fingerprint density at radius 1 is 0.831 bits per heavy atom. The van der Waals surface area contributed by atoms with Gasteiger partial charge in [-0.3, -0.25) is 23.9 Å². The van der Waals surface area contributed by atoms with Crippen LogP contribution in [0.3, 0.4) is 0 Å². The van der Waals surface area contributed by atoms with Gasteiger partial charge in [0.25, 0.3) is 11.8 Å². The Labute approximate surface area is 440 Å². The number of phenolic OH excluding ortho intramolecular Hbond substituents is 1. The molecule has 0 saturated carbocycles. The molecule has 3 unspecified atom stereocenters. The van der Waals surface area contributed by atoms with Gasteiger partial charge in [-0.05, 0) is 188 Å². The molecule has 3 heterocycles. The van der Waals surface area contributed by atoms with Gasteiger partial charge in [0.05, 0.1) is 10.0 Å². The summed E-state index contributed by atoms with van der Waals surface area (Å²) in [4.78, 5) is 31.4. The van der Waals surface area contributed by atoms with E-state index < -0.39 is 35.3 Å². The third kappa shape index (κ3) is 20.6. The average molecular weight is 1110 g/mol. The molecule has 2 amide bonds. The fourth-order valence-electron chi connectivity index (χ4n) is 7.07. The van der Waals surface area contributed by atoms with Gasteiger partial charge in [-0.2, -0.15) is 0 Å². The van der Waals surface area contributed by atoms with E-state index in [1.54, 1.807) is 36.9 Å². The standard InChI is InChI=1S/C25H31ClF2N2O3S2.C13H17F2NS.C12H13ClFNO3S/c1-25(11-4-5-13-32-25)24(31)29-35-20-14-21(26)23(22(28)15-20)33-18(10-12-30(2)3)16-34-19-8-6-17(27)7-9-19;14-11-3-5-13(6-4-11)17-8-2-1-7-16-9-12(15)10-16;13-8-5-7(6-9(14)11(8)16)19-15-12(17)10-3-1-2-4-18-10/h6-9,14-15,18H,4-5,10-13,16H2,1-3H3,(H,29,31);3-6,12H,1-2,7-10H2;5-6,10,16H,1-4H2,(H,15,17). The molecule has 3 saturated heterocycles. The summed E-state index contributed by atoms with van der Waals surface area (Å²) in [6.45, 7) is 5.89. The molecular weight excluding hydrogens is 1050 g/mol. The van der Waals surface area contributed by atoms with Crippen molar-refractivity contribution in [2.45, 2.75) is 108 Å². The number of ether oxygens (including phenoxy) is 3. The molecule has 3 aliphatic rings. The number of nitrogens with one attached hydrogen (secondary N) is 2. The summed E-state index contributed by atoms with van der Waals surface area (Å²) in [5.41, 5.74) is -0.876. The highest BCUT2D eigenvalue weighted by Crippen LogP contribution is 2.36. The minimum absolute atomic E-state index is 0.0200. The highest BCUT2D eigenvalue weighted by atomic mass is 35.5. The molecule has 0 radical (unpaired) electrons. The Kier molecular flexibility index (Phi) is 25.1. The Morgan fingerprint density at radius 2 is 1.45 bits per heavy atom. The van der Waals surface area contributed by atoms with Crippen LogP contribution in [0, 0.1) is 23.3 Å². The second kappa shape index (κ2) is 30.3. The predicted octanol–water partition coefficient (Wildman–Crippen LogP) is 12.4. The van der Waals surface area contributed by atoms with Crippen LogP contribution in [-0.2, 0) is 19.1 Å². The Morgan fingerprint density at radius 3 is 2.03 bits per heavy atom. The number of halogens is 7. The summed E-state index contributed by atoms with van der Waals surface area (Å²) in [6, 6.07) is 18.2. The minimum atomic E-state index is -0.876. The molecule has 4 aromatic carbocycles. The first kappa shape index (κ1) is 58.8. The smallest absolute Gasteiger partial charge is 0.262 e. The molecule has 0 bridgehead atoms. The van der Waals surface area contributed by atoms with E-state index in [1.807, 2.05) is 31.1 Å². The number of likely N-dealkylation sites (tertiary alicyclic amines) is 1. The molecule has 7 rings (SSSR count). The zero-order valence-electron chi connectivity index (χ0n) is 39.8. The van der Waals surface area contributed by atoms with Crippen LogP contribution in [0.2, 0.25) is 10.0 Å². The first-order chi connectivity index (χ1) is 34.0. The van der Waals surface area contributed by atoms with Gasteiger partial charge in [-0.25, -0.2) is 22.0 Å². The molecule has 21 heteroatoms. The number of amides is 2. The molecule has 3 atom stereocenters. The van der Waals surface area contributed by atoms with Crippen LogP contribution in [0.15, 0.2) is 92.4 Å². The topological polar surface area (TPSA) is 113 Å². The second-order valence-corrected chi connectivity index (χ2v) is 22.2. The maximum Gasteiger partial charge on any atom is 0.262 e. The zero-order chi connectivity index (χ0) is 51.3. The van der Waals surface area contributed by atoms with Gasteiger partial charge in [0.1, 0.15) is 35.6 Å². The summed E-state index contributed by atoms with van der Waals surface area (Å²) >= 11 is 17.2. The zero-order valence-corrected chi connectivity index (χ0v) is 44.6. The number of carbonyl (C=O) groups is 2. The highest BCUT2D eigenvalue weighted by Gasteiger charge is 2.36. The molecule has 0 aliphatic carbocycles. The van der Waals surface area contributed by atoms with E-state index in [9.17, 15) is 32.3 Å². The number of hydrogen-bond acceptors (Lipinski definition) is 12. The van der Waals surface area contributed by atoms with Crippen molar-refractivity contribution in [1.29, 1.82) is 0 Å². The highest BCUT2D eigenvalue weighted by molar-refractivity contribution is 7.99. The van der Waals surface area contributed by atoms with E-state index in [-0.39, 0.29) is 45.3 Å². The number of phenols is 1. The van der Waals surface area contributed by atoms with Gasteiger partial charge in [-0.15, -0.1) is 23.5 Å². The number of carbonyl (C=O) groups excluding carboxylic acids is 2. The van der Waals surface area contributed by atoms with Crippen LogP contribution in [0.4, 0.5) is 22.0 Å². The largest absolute Gasteiger partial charge is 0.504 e. The number of hydrogen-bond donors (Lipinski definition) is 3. The molecule has 71 heavy (non-hydrogen) atoms. The Hall–Kier alpha value is -3.11. The minimum Gasteiger partial charge on any atom is -0.504 e. The normalized spacial score (nSPS) is 18.5. The second-order valence-electron chi connectivity index (χ2n) is 17.4. The number of rotatable bonds is 20. The Balaban J connectivity index is 0.000000218. The number of benzene rings is 4. The van der Waals surface area contributed by atoms with Crippen molar-refractivity contribution in [2.24, 2.45) is 0 Å². The average Bonchev–Trinajstić information content (AvgIpc) is 3.34. The number of alkyl halides is 1. The maximum absolute atomic E-state index is 15.0.